The fourth-order valence-corrected chi connectivity index (χ4v) is 9.66. The second-order valence-corrected chi connectivity index (χ2v) is 15.6. The highest BCUT2D eigenvalue weighted by atomic mass is 16.3. The minimum absolute atomic E-state index is 0.257. The van der Waals surface area contributed by atoms with Crippen LogP contribution in [0.25, 0.3) is 89.2 Å². The standard InChI is InChI=1S/C55H36N2O/c1-5-15-34(16-6-1)38-27-29-40-41-30-28-39(35-17-7-2-8-18-35)32-46(41)53-51(52(53)45(40)31-38)43-24-13-23-42-50-44(25-14-26-49(50)58-54(42)43)55-56-47(36-19-9-3-10-20-36)33-48(57-55)37-21-11-4-12-22-37/h1-33,51-53H. The van der Waals surface area contributed by atoms with Crippen molar-refractivity contribution in [3.05, 3.63) is 217 Å². The molecule has 2 aliphatic carbocycles. The molecular weight excluding hydrogens is 705 g/mol. The van der Waals surface area contributed by atoms with E-state index in [0.717, 1.165) is 50.0 Å². The summed E-state index contributed by atoms with van der Waals surface area (Å²) in [5.41, 5.74) is 18.4. The summed E-state index contributed by atoms with van der Waals surface area (Å²) in [6.07, 6.45) is 0. The topological polar surface area (TPSA) is 38.9 Å². The highest BCUT2D eigenvalue weighted by molar-refractivity contribution is 6.13. The first kappa shape index (κ1) is 32.8. The van der Waals surface area contributed by atoms with E-state index in [4.69, 9.17) is 14.4 Å². The minimum atomic E-state index is 0.257. The average molecular weight is 741 g/mol. The Kier molecular flexibility index (Phi) is 7.42. The van der Waals surface area contributed by atoms with Gasteiger partial charge in [-0.15, -0.1) is 0 Å². The smallest absolute Gasteiger partial charge is 0.161 e. The Labute approximate surface area is 337 Å². The maximum Gasteiger partial charge on any atom is 0.161 e. The lowest BCUT2D eigenvalue weighted by atomic mass is 9.83. The fourth-order valence-electron chi connectivity index (χ4n) is 9.66. The van der Waals surface area contributed by atoms with Crippen LogP contribution in [-0.4, -0.2) is 9.97 Å². The number of para-hydroxylation sites is 1. The quantitative estimate of drug-likeness (QED) is 0.170. The number of fused-ring (bicyclic) bond motifs is 9. The molecule has 0 aliphatic heterocycles. The minimum Gasteiger partial charge on any atom is -0.456 e. The highest BCUT2D eigenvalue weighted by Gasteiger charge is 2.57. The SMILES string of the molecule is c1ccc(-c2ccc3c(c2)C2C(c4cc(-c5ccccc5)ccc4-3)C2c2cccc3c2oc2cccc(-c4nc(-c5ccccc5)cc(-c5ccccc5)n4)c23)cc1. The molecule has 272 valence electrons. The van der Waals surface area contributed by atoms with Crippen molar-refractivity contribution in [2.24, 2.45) is 0 Å². The molecule has 0 amide bonds. The number of nitrogens with zero attached hydrogens (tertiary/aromatic N) is 2. The maximum atomic E-state index is 6.99. The van der Waals surface area contributed by atoms with Gasteiger partial charge in [-0.05, 0) is 74.0 Å². The molecule has 1 fully saturated rings. The zero-order chi connectivity index (χ0) is 38.2. The van der Waals surface area contributed by atoms with Crippen LogP contribution < -0.4 is 0 Å². The Balaban J connectivity index is 1.03. The average Bonchev–Trinajstić information content (AvgIpc) is 3.94. The predicted octanol–water partition coefficient (Wildman–Crippen LogP) is 14.4. The molecule has 2 atom stereocenters. The largest absolute Gasteiger partial charge is 0.456 e. The van der Waals surface area contributed by atoms with E-state index in [1.165, 1.54) is 50.1 Å². The van der Waals surface area contributed by atoms with Crippen LogP contribution in [0.15, 0.2) is 205 Å². The van der Waals surface area contributed by atoms with Crippen molar-refractivity contribution in [2.75, 3.05) is 0 Å². The lowest BCUT2D eigenvalue weighted by Gasteiger charge is -2.21. The van der Waals surface area contributed by atoms with Gasteiger partial charge in [0.15, 0.2) is 5.82 Å². The molecule has 0 radical (unpaired) electrons. The van der Waals surface area contributed by atoms with E-state index in [0.29, 0.717) is 17.7 Å². The first-order valence-corrected chi connectivity index (χ1v) is 20.1. The van der Waals surface area contributed by atoms with Crippen LogP contribution in [0.4, 0.5) is 0 Å². The number of hydrogen-bond donors (Lipinski definition) is 0. The van der Waals surface area contributed by atoms with Gasteiger partial charge in [0.1, 0.15) is 11.2 Å². The van der Waals surface area contributed by atoms with Crippen LogP contribution in [0.1, 0.15) is 34.4 Å². The third kappa shape index (κ3) is 5.28. The van der Waals surface area contributed by atoms with Gasteiger partial charge in [-0.25, -0.2) is 9.97 Å². The van der Waals surface area contributed by atoms with Crippen molar-refractivity contribution in [2.45, 2.75) is 17.8 Å². The molecule has 2 heterocycles. The van der Waals surface area contributed by atoms with Gasteiger partial charge < -0.3 is 4.42 Å². The summed E-state index contributed by atoms with van der Waals surface area (Å²) in [6, 6.07) is 71.6. The molecule has 2 aromatic heterocycles. The zero-order valence-corrected chi connectivity index (χ0v) is 31.6. The summed E-state index contributed by atoms with van der Waals surface area (Å²) in [5.74, 6) is 1.60. The second kappa shape index (κ2) is 13.1. The summed E-state index contributed by atoms with van der Waals surface area (Å²) in [4.78, 5) is 10.5. The Morgan fingerprint density at radius 3 is 1.36 bits per heavy atom. The van der Waals surface area contributed by atoms with Gasteiger partial charge in [0, 0.05) is 33.4 Å². The molecule has 0 N–H and O–H groups in total. The van der Waals surface area contributed by atoms with Crippen LogP contribution in [0.3, 0.4) is 0 Å². The highest BCUT2D eigenvalue weighted by Crippen LogP contribution is 2.72. The van der Waals surface area contributed by atoms with Crippen LogP contribution in [-0.2, 0) is 0 Å². The number of rotatable bonds is 6. The summed E-state index contributed by atoms with van der Waals surface area (Å²) >= 11 is 0. The number of aromatic nitrogens is 2. The molecule has 0 bridgehead atoms. The lowest BCUT2D eigenvalue weighted by Crippen LogP contribution is -2.00. The van der Waals surface area contributed by atoms with Crippen molar-refractivity contribution in [3.63, 3.8) is 0 Å². The summed E-state index contributed by atoms with van der Waals surface area (Å²) in [7, 11) is 0. The maximum absolute atomic E-state index is 6.99. The van der Waals surface area contributed by atoms with Gasteiger partial charge in [0.2, 0.25) is 0 Å². The van der Waals surface area contributed by atoms with Gasteiger partial charge in [-0.3, -0.25) is 0 Å². The van der Waals surface area contributed by atoms with E-state index in [2.05, 4.69) is 188 Å². The van der Waals surface area contributed by atoms with Crippen LogP contribution in [0.2, 0.25) is 0 Å². The summed E-state index contributed by atoms with van der Waals surface area (Å²) in [5, 5.41) is 2.14. The van der Waals surface area contributed by atoms with E-state index >= 15 is 0 Å². The molecule has 10 aromatic rings. The molecule has 2 aliphatic rings. The lowest BCUT2D eigenvalue weighted by molar-refractivity contribution is 0.662. The molecule has 1 saturated carbocycles. The zero-order valence-electron chi connectivity index (χ0n) is 31.6. The van der Waals surface area contributed by atoms with E-state index in [9.17, 15) is 0 Å². The molecule has 12 rings (SSSR count). The summed E-state index contributed by atoms with van der Waals surface area (Å²) < 4.78 is 6.99. The Hall–Kier alpha value is -7.36. The van der Waals surface area contributed by atoms with Crippen molar-refractivity contribution in [1.82, 2.24) is 9.97 Å². The molecular formula is C55H36N2O. The molecule has 2 unspecified atom stereocenters. The monoisotopic (exact) mass is 740 g/mol. The van der Waals surface area contributed by atoms with E-state index in [-0.39, 0.29) is 5.92 Å². The molecule has 58 heavy (non-hydrogen) atoms. The van der Waals surface area contributed by atoms with Gasteiger partial charge in [0.25, 0.3) is 0 Å². The molecule has 3 heteroatoms. The normalized spacial score (nSPS) is 16.4. The Morgan fingerprint density at radius 1 is 0.345 bits per heavy atom. The van der Waals surface area contributed by atoms with Gasteiger partial charge in [-0.2, -0.15) is 0 Å². The van der Waals surface area contributed by atoms with Crippen molar-refractivity contribution in [3.8, 4) is 67.3 Å². The molecule has 0 saturated heterocycles. The van der Waals surface area contributed by atoms with E-state index in [1.807, 2.05) is 12.1 Å². The van der Waals surface area contributed by atoms with Gasteiger partial charge >= 0.3 is 0 Å². The first-order valence-electron chi connectivity index (χ1n) is 20.1. The van der Waals surface area contributed by atoms with Crippen molar-refractivity contribution < 1.29 is 4.42 Å². The van der Waals surface area contributed by atoms with Crippen LogP contribution >= 0.6 is 0 Å². The van der Waals surface area contributed by atoms with Crippen LogP contribution in [0.5, 0.6) is 0 Å². The van der Waals surface area contributed by atoms with E-state index < -0.39 is 0 Å². The molecule has 8 aromatic carbocycles. The second-order valence-electron chi connectivity index (χ2n) is 15.6. The molecule has 3 nitrogen and oxygen atoms in total. The molecule has 0 spiro atoms. The number of furan rings is 1. The Morgan fingerprint density at radius 2 is 0.828 bits per heavy atom. The van der Waals surface area contributed by atoms with Gasteiger partial charge in [-0.1, -0.05) is 188 Å². The number of benzene rings is 8. The van der Waals surface area contributed by atoms with Crippen LogP contribution in [0, 0.1) is 0 Å². The third-order valence-electron chi connectivity index (χ3n) is 12.4. The first-order chi connectivity index (χ1) is 28.8. The van der Waals surface area contributed by atoms with Gasteiger partial charge in [0.05, 0.1) is 11.4 Å². The van der Waals surface area contributed by atoms with E-state index in [1.54, 1.807) is 0 Å². The fraction of sp³-hybridized carbons (Fsp3) is 0.0545. The van der Waals surface area contributed by atoms with Crippen molar-refractivity contribution >= 4 is 21.9 Å². The van der Waals surface area contributed by atoms with Crippen molar-refractivity contribution in [1.29, 1.82) is 0 Å². The Bertz CT molecular complexity index is 3020. The third-order valence-corrected chi connectivity index (χ3v) is 12.4. The number of hydrogen-bond acceptors (Lipinski definition) is 3. The predicted molar refractivity (Wildman–Crippen MR) is 237 cm³/mol. The summed E-state index contributed by atoms with van der Waals surface area (Å²) in [6.45, 7) is 0.